The van der Waals surface area contributed by atoms with Gasteiger partial charge in [-0.1, -0.05) is 4.47 Å². The summed E-state index contributed by atoms with van der Waals surface area (Å²) in [4.78, 5) is 17.7. The first kappa shape index (κ1) is 21.2. The third-order valence-corrected chi connectivity index (χ3v) is 6.92. The SMILES string of the molecule is CON(C)S(=O)(=O)c1ccc(NC(=O)c2nn(-c3ccc(F)cc3)c3c2CCC3)cc1. The monoisotopic (exact) mass is 444 g/mol. The average Bonchev–Trinajstić information content (AvgIpc) is 3.37. The van der Waals surface area contributed by atoms with E-state index >= 15 is 0 Å². The first-order chi connectivity index (χ1) is 14.8. The van der Waals surface area contributed by atoms with Gasteiger partial charge >= 0.3 is 0 Å². The van der Waals surface area contributed by atoms with Crippen LogP contribution in [0, 0.1) is 5.82 Å². The number of anilines is 1. The van der Waals surface area contributed by atoms with Crippen LogP contribution < -0.4 is 5.32 Å². The van der Waals surface area contributed by atoms with Gasteiger partial charge in [-0.2, -0.15) is 5.10 Å². The highest BCUT2D eigenvalue weighted by atomic mass is 32.2. The summed E-state index contributed by atoms with van der Waals surface area (Å²) in [5.74, 6) is -0.726. The summed E-state index contributed by atoms with van der Waals surface area (Å²) >= 11 is 0. The van der Waals surface area contributed by atoms with Crippen molar-refractivity contribution < 1.29 is 22.4 Å². The Balaban J connectivity index is 1.58. The van der Waals surface area contributed by atoms with Gasteiger partial charge < -0.3 is 5.32 Å². The van der Waals surface area contributed by atoms with E-state index in [2.05, 4.69) is 10.4 Å². The zero-order valence-electron chi connectivity index (χ0n) is 17.0. The van der Waals surface area contributed by atoms with Crippen LogP contribution in [0.4, 0.5) is 10.1 Å². The van der Waals surface area contributed by atoms with Crippen LogP contribution in [0.5, 0.6) is 0 Å². The number of sulfonamides is 1. The molecule has 0 fully saturated rings. The highest BCUT2D eigenvalue weighted by Crippen LogP contribution is 2.28. The molecule has 0 spiro atoms. The third-order valence-electron chi connectivity index (χ3n) is 5.22. The van der Waals surface area contributed by atoms with Crippen molar-refractivity contribution >= 4 is 21.6 Å². The Bertz CT molecular complexity index is 1220. The molecule has 1 aliphatic rings. The van der Waals surface area contributed by atoms with Crippen molar-refractivity contribution in [1.82, 2.24) is 14.2 Å². The van der Waals surface area contributed by atoms with Crippen molar-refractivity contribution in [2.24, 2.45) is 0 Å². The van der Waals surface area contributed by atoms with Crippen molar-refractivity contribution in [3.63, 3.8) is 0 Å². The van der Waals surface area contributed by atoms with Gasteiger partial charge in [-0.3, -0.25) is 9.63 Å². The summed E-state index contributed by atoms with van der Waals surface area (Å²) in [5.41, 5.74) is 3.26. The summed E-state index contributed by atoms with van der Waals surface area (Å²) in [7, 11) is -1.21. The average molecular weight is 444 g/mol. The van der Waals surface area contributed by atoms with Crippen molar-refractivity contribution in [1.29, 1.82) is 0 Å². The lowest BCUT2D eigenvalue weighted by molar-refractivity contribution is -0.0258. The maximum absolute atomic E-state index is 13.3. The molecule has 3 aromatic rings. The van der Waals surface area contributed by atoms with E-state index in [4.69, 9.17) is 4.84 Å². The molecule has 0 saturated carbocycles. The Hall–Kier alpha value is -3.08. The number of rotatable bonds is 6. The van der Waals surface area contributed by atoms with Crippen LogP contribution >= 0.6 is 0 Å². The molecule has 4 rings (SSSR count). The quantitative estimate of drug-likeness (QED) is 0.590. The maximum Gasteiger partial charge on any atom is 0.276 e. The van der Waals surface area contributed by atoms with Crippen LogP contribution in [-0.2, 0) is 27.7 Å². The highest BCUT2D eigenvalue weighted by Gasteiger charge is 2.27. The van der Waals surface area contributed by atoms with Gasteiger partial charge in [0.1, 0.15) is 5.82 Å². The lowest BCUT2D eigenvalue weighted by Gasteiger charge is -2.14. The number of hydrogen-bond donors (Lipinski definition) is 1. The van der Waals surface area contributed by atoms with Crippen LogP contribution in [0.25, 0.3) is 5.69 Å². The Morgan fingerprint density at radius 1 is 1.13 bits per heavy atom. The molecule has 0 radical (unpaired) electrons. The van der Waals surface area contributed by atoms with Gasteiger partial charge in [-0.05, 0) is 67.8 Å². The number of fused-ring (bicyclic) bond motifs is 1. The maximum atomic E-state index is 13.3. The number of carbonyl (C=O) groups excluding carboxylic acids is 1. The van der Waals surface area contributed by atoms with Crippen molar-refractivity contribution in [3.8, 4) is 5.69 Å². The largest absolute Gasteiger partial charge is 0.321 e. The minimum Gasteiger partial charge on any atom is -0.321 e. The zero-order chi connectivity index (χ0) is 22.2. The van der Waals surface area contributed by atoms with E-state index in [-0.39, 0.29) is 16.6 Å². The second kappa shape index (κ2) is 8.22. The fraction of sp³-hybridized carbons (Fsp3) is 0.238. The zero-order valence-corrected chi connectivity index (χ0v) is 17.8. The molecular formula is C21H21FN4O4S. The third kappa shape index (κ3) is 3.97. The van der Waals surface area contributed by atoms with Crippen LogP contribution in [0.1, 0.15) is 28.2 Å². The molecule has 0 unspecified atom stereocenters. The molecule has 8 nitrogen and oxygen atoms in total. The summed E-state index contributed by atoms with van der Waals surface area (Å²) in [5, 5.41) is 7.25. The number of nitrogens with zero attached hydrogens (tertiary/aromatic N) is 3. The number of nitrogens with one attached hydrogen (secondary N) is 1. The molecule has 0 atom stereocenters. The molecule has 1 N–H and O–H groups in total. The first-order valence-corrected chi connectivity index (χ1v) is 11.1. The van der Waals surface area contributed by atoms with Gasteiger partial charge in [0.05, 0.1) is 17.7 Å². The number of hydrogen-bond acceptors (Lipinski definition) is 5. The fourth-order valence-corrected chi connectivity index (χ4v) is 4.54. The predicted molar refractivity (Wildman–Crippen MR) is 112 cm³/mol. The van der Waals surface area contributed by atoms with Crippen LogP contribution in [0.15, 0.2) is 53.4 Å². The van der Waals surface area contributed by atoms with Gasteiger partial charge in [-0.15, -0.1) is 0 Å². The van der Waals surface area contributed by atoms with E-state index in [1.54, 1.807) is 16.8 Å². The lowest BCUT2D eigenvalue weighted by Crippen LogP contribution is -2.25. The number of amides is 1. The second-order valence-electron chi connectivity index (χ2n) is 7.09. The van der Waals surface area contributed by atoms with Crippen LogP contribution in [0.2, 0.25) is 0 Å². The van der Waals surface area contributed by atoms with Crippen molar-refractivity contribution in [3.05, 3.63) is 71.3 Å². The van der Waals surface area contributed by atoms with Crippen LogP contribution in [-0.4, -0.2) is 42.7 Å². The topological polar surface area (TPSA) is 93.5 Å². The van der Waals surface area contributed by atoms with Gasteiger partial charge in [0, 0.05) is 24.0 Å². The summed E-state index contributed by atoms with van der Waals surface area (Å²) in [6.07, 6.45) is 2.43. The highest BCUT2D eigenvalue weighted by molar-refractivity contribution is 7.89. The summed E-state index contributed by atoms with van der Waals surface area (Å²) in [6.45, 7) is 0. The van der Waals surface area contributed by atoms with Gasteiger partial charge in [0.15, 0.2) is 5.69 Å². The van der Waals surface area contributed by atoms with E-state index < -0.39 is 10.0 Å². The summed E-state index contributed by atoms with van der Waals surface area (Å²) in [6, 6.07) is 11.8. The Morgan fingerprint density at radius 3 is 2.45 bits per heavy atom. The van der Waals surface area contributed by atoms with Gasteiger partial charge in [0.25, 0.3) is 15.9 Å². The van der Waals surface area contributed by atoms with Gasteiger partial charge in [-0.25, -0.2) is 17.5 Å². The van der Waals surface area contributed by atoms with E-state index in [0.29, 0.717) is 17.1 Å². The number of hydroxylamine groups is 1. The first-order valence-electron chi connectivity index (χ1n) is 9.62. The van der Waals surface area contributed by atoms with Crippen LogP contribution in [0.3, 0.4) is 0 Å². The van der Waals surface area contributed by atoms with E-state index in [0.717, 1.165) is 35.0 Å². The molecule has 0 bridgehead atoms. The normalized spacial score (nSPS) is 13.4. The molecule has 31 heavy (non-hydrogen) atoms. The number of benzene rings is 2. The molecule has 0 saturated heterocycles. The lowest BCUT2D eigenvalue weighted by atomic mass is 10.2. The Kier molecular flexibility index (Phi) is 5.61. The second-order valence-corrected chi connectivity index (χ2v) is 9.03. The van der Waals surface area contributed by atoms with Gasteiger partial charge in [0.2, 0.25) is 0 Å². The minimum absolute atomic E-state index is 0.0383. The Labute approximate surface area is 179 Å². The molecule has 10 heteroatoms. The smallest absolute Gasteiger partial charge is 0.276 e. The predicted octanol–water partition coefficient (Wildman–Crippen LogP) is 2.93. The molecule has 1 aliphatic carbocycles. The standard InChI is InChI=1S/C21H21FN4O4S/c1-25(30-2)31(28,29)17-12-8-15(9-13-17)23-21(27)20-18-4-3-5-19(18)26(24-20)16-10-6-14(22)7-11-16/h6-13H,3-5H2,1-2H3,(H,23,27). The molecule has 1 heterocycles. The van der Waals surface area contributed by atoms with E-state index in [1.165, 1.54) is 50.6 Å². The van der Waals surface area contributed by atoms with E-state index in [1.807, 2.05) is 0 Å². The molecule has 1 aromatic heterocycles. The van der Waals surface area contributed by atoms with Crippen molar-refractivity contribution in [2.45, 2.75) is 24.2 Å². The fourth-order valence-electron chi connectivity index (χ4n) is 3.56. The molecule has 162 valence electrons. The Morgan fingerprint density at radius 2 is 1.81 bits per heavy atom. The number of carbonyl (C=O) groups is 1. The van der Waals surface area contributed by atoms with E-state index in [9.17, 15) is 17.6 Å². The molecule has 2 aromatic carbocycles. The molecule has 1 amide bonds. The number of halogens is 1. The number of aromatic nitrogens is 2. The molecule has 0 aliphatic heterocycles. The van der Waals surface area contributed by atoms with Crippen molar-refractivity contribution in [2.75, 3.05) is 19.5 Å². The minimum atomic E-state index is -3.77. The molecular weight excluding hydrogens is 423 g/mol. The summed E-state index contributed by atoms with van der Waals surface area (Å²) < 4.78 is 40.3.